The highest BCUT2D eigenvalue weighted by Gasteiger charge is 2.03. The summed E-state index contributed by atoms with van der Waals surface area (Å²) in [5, 5.41) is 18.8. The van der Waals surface area contributed by atoms with Crippen molar-refractivity contribution in [2.75, 3.05) is 0 Å². The summed E-state index contributed by atoms with van der Waals surface area (Å²) in [7, 11) is 0. The van der Waals surface area contributed by atoms with Crippen LogP contribution >= 0.6 is 0 Å². The van der Waals surface area contributed by atoms with Crippen molar-refractivity contribution in [1.29, 1.82) is 10.8 Å². The molecule has 0 aliphatic heterocycles. The minimum Gasteiger partial charge on any atom is -0.222 e. The third-order valence-electron chi connectivity index (χ3n) is 3.65. The lowest BCUT2D eigenvalue weighted by Gasteiger charge is -2.07. The first-order valence-corrected chi connectivity index (χ1v) is 7.13. The molecular formula is C20H14N2O2. The highest BCUT2D eigenvalue weighted by molar-refractivity contribution is 6.17. The van der Waals surface area contributed by atoms with Crippen LogP contribution in [0.1, 0.15) is 0 Å². The van der Waals surface area contributed by atoms with Crippen LogP contribution in [0.25, 0.3) is 32.3 Å². The van der Waals surface area contributed by atoms with Crippen LogP contribution in [0.2, 0.25) is 0 Å². The van der Waals surface area contributed by atoms with E-state index >= 15 is 0 Å². The topological polar surface area (TPSA) is 81.8 Å². The van der Waals surface area contributed by atoms with E-state index in [1.807, 2.05) is 0 Å². The molecule has 4 aromatic rings. The Morgan fingerprint density at radius 2 is 0.833 bits per heavy atom. The van der Waals surface area contributed by atoms with Gasteiger partial charge in [-0.1, -0.05) is 72.8 Å². The zero-order valence-electron chi connectivity index (χ0n) is 12.7. The molecule has 0 atom stereocenters. The van der Waals surface area contributed by atoms with E-state index in [2.05, 4.69) is 72.8 Å². The summed E-state index contributed by atoms with van der Waals surface area (Å²) in [6, 6.07) is 26.0. The second-order valence-electron chi connectivity index (χ2n) is 4.87. The Labute approximate surface area is 138 Å². The Hall–Kier alpha value is -3.58. The Morgan fingerprint density at radius 1 is 0.500 bits per heavy atom. The van der Waals surface area contributed by atoms with Crippen molar-refractivity contribution in [3.05, 3.63) is 72.8 Å². The van der Waals surface area contributed by atoms with Crippen molar-refractivity contribution in [1.82, 2.24) is 0 Å². The van der Waals surface area contributed by atoms with Crippen molar-refractivity contribution in [2.45, 2.75) is 0 Å². The summed E-state index contributed by atoms with van der Waals surface area (Å²) in [5.74, 6) is 0. The Bertz CT molecular complexity index is 972. The molecule has 2 N–H and O–H groups in total. The van der Waals surface area contributed by atoms with E-state index in [0.717, 1.165) is 12.2 Å². The molecular weight excluding hydrogens is 300 g/mol. The van der Waals surface area contributed by atoms with Gasteiger partial charge in [-0.2, -0.15) is 0 Å². The van der Waals surface area contributed by atoms with Gasteiger partial charge in [0.15, 0.2) is 0 Å². The van der Waals surface area contributed by atoms with E-state index in [1.165, 1.54) is 32.3 Å². The van der Waals surface area contributed by atoms with Crippen LogP contribution in [0.5, 0.6) is 0 Å². The average molecular weight is 314 g/mol. The summed E-state index contributed by atoms with van der Waals surface area (Å²) < 4.78 is 0. The fraction of sp³-hybridized carbons (Fsp3) is 0. The Kier molecular flexibility index (Phi) is 5.71. The summed E-state index contributed by atoms with van der Waals surface area (Å²) in [6.07, 6.45) is 1.50. The molecule has 24 heavy (non-hydrogen) atoms. The first-order valence-electron chi connectivity index (χ1n) is 7.13. The molecule has 0 aromatic heterocycles. The first kappa shape index (κ1) is 16.8. The van der Waals surface area contributed by atoms with E-state index in [1.54, 1.807) is 0 Å². The minimum absolute atomic E-state index is 0.750. The zero-order valence-corrected chi connectivity index (χ0v) is 12.7. The summed E-state index contributed by atoms with van der Waals surface area (Å²) in [5.41, 5.74) is 0. The second kappa shape index (κ2) is 8.16. The maximum atomic E-state index is 8.35. The molecule has 0 unspecified atom stereocenters. The fourth-order valence-corrected chi connectivity index (χ4v) is 2.77. The normalized spacial score (nSPS) is 9.17. The number of carbonyl (C=O) groups excluding carboxylic acids is 2. The lowest BCUT2D eigenvalue weighted by atomic mass is 9.97. The largest absolute Gasteiger partial charge is 0.231 e. The van der Waals surface area contributed by atoms with Crippen molar-refractivity contribution < 1.29 is 9.59 Å². The van der Waals surface area contributed by atoms with Gasteiger partial charge in [-0.15, -0.1) is 0 Å². The van der Waals surface area contributed by atoms with Gasteiger partial charge in [0.1, 0.15) is 0 Å². The molecule has 0 saturated heterocycles. The molecule has 4 rings (SSSR count). The lowest BCUT2D eigenvalue weighted by Crippen LogP contribution is -1.79. The van der Waals surface area contributed by atoms with Crippen molar-refractivity contribution in [3.8, 4) is 0 Å². The SMILES string of the molecule is N=C=O.N=C=O.c1ccc2c(c1)ccc1c3ccccc3ccc21. The number of rotatable bonds is 0. The van der Waals surface area contributed by atoms with Gasteiger partial charge in [0.05, 0.1) is 0 Å². The number of fused-ring (bicyclic) bond motifs is 5. The molecule has 116 valence electrons. The van der Waals surface area contributed by atoms with E-state index in [-0.39, 0.29) is 0 Å². The van der Waals surface area contributed by atoms with E-state index < -0.39 is 0 Å². The van der Waals surface area contributed by atoms with E-state index in [0.29, 0.717) is 0 Å². The molecule has 0 aliphatic rings. The number of hydrogen-bond donors (Lipinski definition) is 2. The van der Waals surface area contributed by atoms with Crippen LogP contribution in [0, 0.1) is 10.8 Å². The molecule has 4 heteroatoms. The van der Waals surface area contributed by atoms with Gasteiger partial charge in [0.25, 0.3) is 0 Å². The van der Waals surface area contributed by atoms with Crippen LogP contribution in [0.4, 0.5) is 0 Å². The Morgan fingerprint density at radius 3 is 1.21 bits per heavy atom. The maximum absolute atomic E-state index is 8.35. The van der Waals surface area contributed by atoms with Gasteiger partial charge in [-0.05, 0) is 32.3 Å². The van der Waals surface area contributed by atoms with Crippen LogP contribution in [0.15, 0.2) is 72.8 Å². The molecule has 0 saturated carbocycles. The van der Waals surface area contributed by atoms with E-state index in [4.69, 9.17) is 20.4 Å². The summed E-state index contributed by atoms with van der Waals surface area (Å²) in [4.78, 5) is 16.7. The third-order valence-corrected chi connectivity index (χ3v) is 3.65. The minimum atomic E-state index is 0.750. The van der Waals surface area contributed by atoms with Gasteiger partial charge in [0.2, 0.25) is 12.2 Å². The molecule has 0 bridgehead atoms. The highest BCUT2D eigenvalue weighted by atomic mass is 16.1. The fourth-order valence-electron chi connectivity index (χ4n) is 2.77. The van der Waals surface area contributed by atoms with Crippen LogP contribution in [-0.2, 0) is 9.59 Å². The van der Waals surface area contributed by atoms with Gasteiger partial charge in [-0.25, -0.2) is 20.4 Å². The van der Waals surface area contributed by atoms with Crippen molar-refractivity contribution in [3.63, 3.8) is 0 Å². The molecule has 0 fully saturated rings. The second-order valence-corrected chi connectivity index (χ2v) is 4.87. The van der Waals surface area contributed by atoms with E-state index in [9.17, 15) is 0 Å². The number of isocyanates is 2. The standard InChI is InChI=1S/C18H12.2CHNO/c1-3-7-15-13(5-1)9-11-18-16-8-4-2-6-14(16)10-12-17(15)18;2*2-1-3/h1-12H;2*2H. The zero-order chi connectivity index (χ0) is 17.4. The Balaban J connectivity index is 0.000000308. The molecule has 4 nitrogen and oxygen atoms in total. The van der Waals surface area contributed by atoms with Gasteiger partial charge >= 0.3 is 0 Å². The van der Waals surface area contributed by atoms with Gasteiger partial charge < -0.3 is 0 Å². The molecule has 0 amide bonds. The molecule has 0 aliphatic carbocycles. The smallest absolute Gasteiger partial charge is 0.222 e. The third kappa shape index (κ3) is 3.42. The predicted molar refractivity (Wildman–Crippen MR) is 95.8 cm³/mol. The van der Waals surface area contributed by atoms with Crippen LogP contribution < -0.4 is 0 Å². The van der Waals surface area contributed by atoms with Crippen molar-refractivity contribution in [2.24, 2.45) is 0 Å². The maximum Gasteiger partial charge on any atom is 0.231 e. The van der Waals surface area contributed by atoms with Crippen molar-refractivity contribution >= 4 is 44.5 Å². The average Bonchev–Trinajstić information content (AvgIpc) is 2.62. The predicted octanol–water partition coefficient (Wildman–Crippen LogP) is 4.95. The quantitative estimate of drug-likeness (QED) is 0.273. The number of benzene rings is 4. The highest BCUT2D eigenvalue weighted by Crippen LogP contribution is 2.30. The van der Waals surface area contributed by atoms with Gasteiger partial charge in [-0.3, -0.25) is 0 Å². The number of nitrogens with one attached hydrogen (secondary N) is 2. The molecule has 0 heterocycles. The molecule has 4 aromatic carbocycles. The molecule has 0 radical (unpaired) electrons. The lowest BCUT2D eigenvalue weighted by molar-refractivity contribution is 0.562. The van der Waals surface area contributed by atoms with Crippen LogP contribution in [-0.4, -0.2) is 12.2 Å². The summed E-state index contributed by atoms with van der Waals surface area (Å²) in [6.45, 7) is 0. The monoisotopic (exact) mass is 314 g/mol. The number of hydrogen-bond acceptors (Lipinski definition) is 4. The first-order chi connectivity index (χ1) is 11.8. The summed E-state index contributed by atoms with van der Waals surface area (Å²) >= 11 is 0. The van der Waals surface area contributed by atoms with Gasteiger partial charge in [0, 0.05) is 0 Å². The molecule has 0 spiro atoms. The van der Waals surface area contributed by atoms with Crippen LogP contribution in [0.3, 0.4) is 0 Å².